The average Bonchev–Trinajstić information content (AvgIpc) is 2.63. The zero-order valence-corrected chi connectivity index (χ0v) is 14.9. The number of hydrogen-bond donors (Lipinski definition) is 0. The predicted molar refractivity (Wildman–Crippen MR) is 67.2 cm³/mol. The van der Waals surface area contributed by atoms with Gasteiger partial charge in [-0.2, -0.15) is 0 Å². The van der Waals surface area contributed by atoms with Crippen LogP contribution in [0.1, 0.15) is 6.42 Å². The maximum atomic E-state index is 11.4. The molecule has 92 valence electrons. The van der Waals surface area contributed by atoms with Crippen LogP contribution in [-0.2, 0) is 9.59 Å². The maximum Gasteiger partial charge on any atom is 1.00 e. The summed E-state index contributed by atoms with van der Waals surface area (Å²) in [6, 6.07) is 9.49. The van der Waals surface area contributed by atoms with Crippen LogP contribution in [0.15, 0.2) is 45.2 Å². The summed E-state index contributed by atoms with van der Waals surface area (Å²) in [5, 5.41) is 11.1. The van der Waals surface area contributed by atoms with Crippen molar-refractivity contribution in [2.24, 2.45) is 0 Å². The van der Waals surface area contributed by atoms with E-state index in [9.17, 15) is 14.7 Å². The zero-order valence-electron chi connectivity index (χ0n) is 10.2. The van der Waals surface area contributed by atoms with Gasteiger partial charge in [0.1, 0.15) is 0 Å². The smallest absolute Gasteiger partial charge is 0.543 e. The molecule has 2 heterocycles. The number of aliphatic carboxylic acids is 1. The Morgan fingerprint density at radius 1 is 1.37 bits per heavy atom. The predicted octanol–water partition coefficient (Wildman–Crippen LogP) is -1.99. The van der Waals surface area contributed by atoms with Gasteiger partial charge in [-0.25, -0.2) is 0 Å². The van der Waals surface area contributed by atoms with Crippen LogP contribution >= 0.6 is 23.5 Å². The van der Waals surface area contributed by atoms with E-state index in [0.29, 0.717) is 10.7 Å². The molecule has 1 amide bonds. The summed E-state index contributed by atoms with van der Waals surface area (Å²) in [5.41, 5.74) is 0.0232. The Bertz CT molecular complexity index is 561. The molecule has 0 spiro atoms. The van der Waals surface area contributed by atoms with Crippen LogP contribution in [0.5, 0.6) is 0 Å². The molecule has 1 saturated heterocycles. The molecule has 0 unspecified atom stereocenters. The Kier molecular flexibility index (Phi) is 5.21. The van der Waals surface area contributed by atoms with Crippen molar-refractivity contribution in [1.29, 1.82) is 0 Å². The minimum atomic E-state index is -1.28. The Labute approximate surface area is 161 Å². The van der Waals surface area contributed by atoms with Gasteiger partial charge < -0.3 is 9.90 Å². The van der Waals surface area contributed by atoms with E-state index < -0.39 is 5.97 Å². The number of carbonyl (C=O) groups is 2. The summed E-state index contributed by atoms with van der Waals surface area (Å²) in [6.45, 7) is 0. The summed E-state index contributed by atoms with van der Waals surface area (Å²) in [5.74, 6) is -1.42. The molecular weight excluding hydrogens is 309 g/mol. The number of benzene rings is 1. The largest absolute Gasteiger partial charge is 1.00 e. The number of hydrogen-bond acceptors (Lipinski definition) is 5. The van der Waals surface area contributed by atoms with Crippen molar-refractivity contribution in [3.8, 4) is 0 Å². The van der Waals surface area contributed by atoms with Crippen molar-refractivity contribution in [3.63, 3.8) is 0 Å². The fourth-order valence-corrected chi connectivity index (χ4v) is 4.57. The van der Waals surface area contributed by atoms with Crippen LogP contribution in [0.25, 0.3) is 0 Å². The van der Waals surface area contributed by atoms with E-state index in [1.165, 1.54) is 28.4 Å². The average molecular weight is 317 g/mol. The molecule has 0 radical (unpaired) electrons. The van der Waals surface area contributed by atoms with Gasteiger partial charge in [0.15, 0.2) is 0 Å². The van der Waals surface area contributed by atoms with E-state index in [-0.39, 0.29) is 68.4 Å². The van der Waals surface area contributed by atoms with Gasteiger partial charge in [-0.1, -0.05) is 41.7 Å². The van der Waals surface area contributed by atoms with Crippen molar-refractivity contribution in [1.82, 2.24) is 4.90 Å². The second-order valence-electron chi connectivity index (χ2n) is 3.88. The van der Waals surface area contributed by atoms with Gasteiger partial charge in [-0.15, -0.1) is 0 Å². The number of carboxylic acids is 1. The first-order valence-electron chi connectivity index (χ1n) is 5.34. The second-order valence-corrected chi connectivity index (χ2v) is 6.41. The SMILES string of the molecule is O=C([O-])C1=C(Sc2ccccc2)S[C@@H]2CC(=O)N12.[K+]. The summed E-state index contributed by atoms with van der Waals surface area (Å²) >= 11 is 2.79. The van der Waals surface area contributed by atoms with Gasteiger partial charge in [-0.05, 0) is 12.1 Å². The number of thioether (sulfide) groups is 2. The van der Waals surface area contributed by atoms with Gasteiger partial charge in [0, 0.05) is 4.90 Å². The molecule has 4 nitrogen and oxygen atoms in total. The van der Waals surface area contributed by atoms with Gasteiger partial charge >= 0.3 is 51.4 Å². The Morgan fingerprint density at radius 3 is 2.63 bits per heavy atom. The van der Waals surface area contributed by atoms with Crippen LogP contribution in [0.4, 0.5) is 0 Å². The Balaban J connectivity index is 0.00000133. The van der Waals surface area contributed by atoms with Crippen LogP contribution < -0.4 is 56.5 Å². The third-order valence-electron chi connectivity index (χ3n) is 2.73. The van der Waals surface area contributed by atoms with Crippen LogP contribution in [-0.4, -0.2) is 22.2 Å². The van der Waals surface area contributed by atoms with E-state index in [0.717, 1.165) is 4.90 Å². The maximum absolute atomic E-state index is 11.4. The molecule has 19 heavy (non-hydrogen) atoms. The number of fused-ring (bicyclic) bond motifs is 1. The molecule has 0 bridgehead atoms. The third kappa shape index (κ3) is 2.97. The van der Waals surface area contributed by atoms with Crippen LogP contribution in [0.2, 0.25) is 0 Å². The van der Waals surface area contributed by atoms with Crippen molar-refractivity contribution < 1.29 is 66.1 Å². The minimum Gasteiger partial charge on any atom is -0.543 e. The molecule has 1 aromatic carbocycles. The van der Waals surface area contributed by atoms with E-state index in [2.05, 4.69) is 0 Å². The number of rotatable bonds is 3. The van der Waals surface area contributed by atoms with Gasteiger partial charge in [-0.3, -0.25) is 9.69 Å². The second kappa shape index (κ2) is 6.34. The molecule has 0 aliphatic carbocycles. The number of nitrogens with zero attached hydrogens (tertiary/aromatic N) is 1. The summed E-state index contributed by atoms with van der Waals surface area (Å²) in [4.78, 5) is 24.8. The number of carbonyl (C=O) groups excluding carboxylic acids is 2. The molecule has 1 atom stereocenters. The molecule has 7 heteroatoms. The first-order chi connectivity index (χ1) is 8.66. The van der Waals surface area contributed by atoms with Gasteiger partial charge in [0.05, 0.1) is 27.7 Å². The van der Waals surface area contributed by atoms with Crippen molar-refractivity contribution in [3.05, 3.63) is 40.3 Å². The van der Waals surface area contributed by atoms with E-state index in [1.54, 1.807) is 0 Å². The zero-order chi connectivity index (χ0) is 12.7. The van der Waals surface area contributed by atoms with Gasteiger partial charge in [0.25, 0.3) is 0 Å². The Hall–Kier alpha value is 0.236. The monoisotopic (exact) mass is 317 g/mol. The molecule has 3 rings (SSSR count). The van der Waals surface area contributed by atoms with E-state index >= 15 is 0 Å². The molecule has 0 N–H and O–H groups in total. The van der Waals surface area contributed by atoms with Crippen LogP contribution in [0, 0.1) is 0 Å². The normalized spacial score (nSPS) is 20.7. The summed E-state index contributed by atoms with van der Waals surface area (Å²) in [7, 11) is 0. The van der Waals surface area contributed by atoms with Crippen molar-refractivity contribution >= 4 is 35.4 Å². The molecule has 1 aromatic rings. The van der Waals surface area contributed by atoms with Crippen LogP contribution in [0.3, 0.4) is 0 Å². The molecule has 1 fully saturated rings. The van der Waals surface area contributed by atoms with E-state index in [1.807, 2.05) is 30.3 Å². The van der Waals surface area contributed by atoms with Gasteiger partial charge in [0.2, 0.25) is 5.91 Å². The summed E-state index contributed by atoms with van der Waals surface area (Å²) < 4.78 is 0.636. The molecule has 0 saturated carbocycles. The molecule has 2 aliphatic heterocycles. The quantitative estimate of drug-likeness (QED) is 0.477. The topological polar surface area (TPSA) is 60.4 Å². The van der Waals surface area contributed by atoms with Crippen molar-refractivity contribution in [2.75, 3.05) is 0 Å². The third-order valence-corrected chi connectivity index (χ3v) is 5.21. The number of amides is 1. The molecule has 0 aromatic heterocycles. The molecular formula is C12H8KNO3S2. The standard InChI is InChI=1S/C12H9NO3S2.K/c14-8-6-9-13(8)10(11(15)16)12(18-9)17-7-4-2-1-3-5-7;/h1-5,9H,6H2,(H,15,16);/q;+1/p-1/t9-;/m1./s1. The Morgan fingerprint density at radius 2 is 2.05 bits per heavy atom. The fourth-order valence-electron chi connectivity index (χ4n) is 1.88. The minimum absolute atomic E-state index is 0. The van der Waals surface area contributed by atoms with E-state index in [4.69, 9.17) is 0 Å². The number of β-lactam (4-membered cyclic amide) rings is 1. The first kappa shape index (κ1) is 15.6. The number of carboxylic acid groups (broad SMARTS) is 1. The molecule has 2 aliphatic rings. The fraction of sp³-hybridized carbons (Fsp3) is 0.167. The summed E-state index contributed by atoms with van der Waals surface area (Å²) in [6.07, 6.45) is 0.403. The first-order valence-corrected chi connectivity index (χ1v) is 7.03. The van der Waals surface area contributed by atoms with Crippen molar-refractivity contribution in [2.45, 2.75) is 16.7 Å².